The summed E-state index contributed by atoms with van der Waals surface area (Å²) >= 11 is 0. The minimum Gasteiger partial charge on any atom is -0.435 e. The van der Waals surface area contributed by atoms with Crippen LogP contribution in [0.3, 0.4) is 0 Å². The first-order chi connectivity index (χ1) is 12.6. The van der Waals surface area contributed by atoms with Crippen molar-refractivity contribution >= 4 is 11.6 Å². The van der Waals surface area contributed by atoms with Gasteiger partial charge in [0.2, 0.25) is 5.91 Å². The van der Waals surface area contributed by atoms with Crippen LogP contribution in [0, 0.1) is 0 Å². The molecule has 1 heterocycles. The summed E-state index contributed by atoms with van der Waals surface area (Å²) in [5.74, 6) is 0.125. The van der Waals surface area contributed by atoms with E-state index < -0.39 is 6.61 Å². The Morgan fingerprint density at radius 1 is 1.15 bits per heavy atom. The Morgan fingerprint density at radius 3 is 2.73 bits per heavy atom. The molecule has 6 heteroatoms. The minimum atomic E-state index is -2.88. The molecule has 0 aromatic heterocycles. The summed E-state index contributed by atoms with van der Waals surface area (Å²) in [5, 5.41) is 6.10. The van der Waals surface area contributed by atoms with Crippen LogP contribution in [0.5, 0.6) is 5.75 Å². The molecule has 0 radical (unpaired) electrons. The maximum atomic E-state index is 12.7. The number of anilines is 1. The zero-order valence-corrected chi connectivity index (χ0v) is 14.4. The number of ether oxygens (including phenoxy) is 1. The number of rotatable bonds is 6. The number of amides is 1. The van der Waals surface area contributed by atoms with Gasteiger partial charge in [0.25, 0.3) is 0 Å². The number of alkyl halides is 2. The quantitative estimate of drug-likeness (QED) is 0.820. The smallest absolute Gasteiger partial charge is 0.387 e. The molecule has 138 valence electrons. The molecule has 0 bridgehead atoms. The highest BCUT2D eigenvalue weighted by Crippen LogP contribution is 2.28. The zero-order valence-electron chi connectivity index (χ0n) is 14.4. The molecule has 2 aromatic carbocycles. The maximum Gasteiger partial charge on any atom is 0.387 e. The van der Waals surface area contributed by atoms with Crippen LogP contribution in [0.2, 0.25) is 0 Å². The van der Waals surface area contributed by atoms with Crippen molar-refractivity contribution in [3.63, 3.8) is 0 Å². The molecule has 1 saturated heterocycles. The zero-order chi connectivity index (χ0) is 18.4. The molecule has 1 aliphatic rings. The normalized spacial score (nSPS) is 17.5. The number of carbonyl (C=O) groups is 1. The first-order valence-electron chi connectivity index (χ1n) is 8.78. The average Bonchev–Trinajstić information content (AvgIpc) is 2.82. The molecular formula is C20H22F2N2O2. The lowest BCUT2D eigenvalue weighted by molar-refractivity contribution is -0.121. The summed E-state index contributed by atoms with van der Waals surface area (Å²) in [4.78, 5) is 12.1. The lowest BCUT2D eigenvalue weighted by atomic mass is 10.0. The van der Waals surface area contributed by atoms with Gasteiger partial charge >= 0.3 is 6.61 Å². The first kappa shape index (κ1) is 18.2. The Morgan fingerprint density at radius 2 is 1.96 bits per heavy atom. The Bertz CT molecular complexity index is 738. The summed E-state index contributed by atoms with van der Waals surface area (Å²) in [5.41, 5.74) is 2.37. The van der Waals surface area contributed by atoms with Crippen LogP contribution in [0.4, 0.5) is 14.5 Å². The van der Waals surface area contributed by atoms with Gasteiger partial charge in [-0.25, -0.2) is 0 Å². The van der Waals surface area contributed by atoms with Gasteiger partial charge in [-0.2, -0.15) is 8.78 Å². The van der Waals surface area contributed by atoms with Crippen molar-refractivity contribution < 1.29 is 18.3 Å². The second-order valence-corrected chi connectivity index (χ2v) is 6.35. The maximum absolute atomic E-state index is 12.7. The average molecular weight is 360 g/mol. The number of halogens is 2. The van der Waals surface area contributed by atoms with E-state index in [1.54, 1.807) is 12.1 Å². The molecule has 2 N–H and O–H groups in total. The van der Waals surface area contributed by atoms with Crippen molar-refractivity contribution in [2.24, 2.45) is 0 Å². The molecule has 1 unspecified atom stereocenters. The van der Waals surface area contributed by atoms with Crippen LogP contribution in [-0.4, -0.2) is 25.1 Å². The number of benzene rings is 2. The predicted octanol–water partition coefficient (Wildman–Crippen LogP) is 3.96. The molecule has 1 amide bonds. The molecule has 0 saturated carbocycles. The van der Waals surface area contributed by atoms with Gasteiger partial charge < -0.3 is 15.4 Å². The van der Waals surface area contributed by atoms with E-state index in [9.17, 15) is 13.6 Å². The van der Waals surface area contributed by atoms with Gasteiger partial charge in [0.1, 0.15) is 11.8 Å². The Balaban J connectivity index is 1.82. The second kappa shape index (κ2) is 8.65. The molecule has 2 aromatic rings. The number of carbonyl (C=O) groups excluding carboxylic acids is 1. The first-order valence-corrected chi connectivity index (χ1v) is 8.78. The van der Waals surface area contributed by atoms with Gasteiger partial charge in [0.15, 0.2) is 0 Å². The summed E-state index contributed by atoms with van der Waals surface area (Å²) in [7, 11) is 0. The van der Waals surface area contributed by atoms with Crippen molar-refractivity contribution in [2.45, 2.75) is 38.3 Å². The third-order valence-electron chi connectivity index (χ3n) is 4.39. The fourth-order valence-electron chi connectivity index (χ4n) is 3.11. The van der Waals surface area contributed by atoms with Gasteiger partial charge in [-0.1, -0.05) is 30.3 Å². The van der Waals surface area contributed by atoms with Crippen LogP contribution in [0.25, 0.3) is 0 Å². The van der Waals surface area contributed by atoms with Crippen LogP contribution >= 0.6 is 0 Å². The molecule has 3 rings (SSSR count). The van der Waals surface area contributed by atoms with Gasteiger partial charge in [-0.05, 0) is 43.0 Å². The van der Waals surface area contributed by atoms with Gasteiger partial charge in [0.05, 0.1) is 0 Å². The van der Waals surface area contributed by atoms with E-state index in [1.807, 2.05) is 30.3 Å². The molecule has 0 aliphatic carbocycles. The van der Waals surface area contributed by atoms with Gasteiger partial charge in [0, 0.05) is 24.2 Å². The van der Waals surface area contributed by atoms with E-state index in [0.29, 0.717) is 18.5 Å². The minimum absolute atomic E-state index is 0.0278. The highest BCUT2D eigenvalue weighted by molar-refractivity contribution is 5.84. The Labute approximate surface area is 151 Å². The van der Waals surface area contributed by atoms with Crippen molar-refractivity contribution in [3.8, 4) is 5.75 Å². The summed E-state index contributed by atoms with van der Waals surface area (Å²) in [6.45, 7) is -2.19. The monoisotopic (exact) mass is 360 g/mol. The number of hydrogen-bond donors (Lipinski definition) is 2. The van der Waals surface area contributed by atoms with Crippen LogP contribution in [-0.2, 0) is 11.2 Å². The predicted molar refractivity (Wildman–Crippen MR) is 96.6 cm³/mol. The SMILES string of the molecule is O=C1NCCCCC1Nc1ccc(OC(F)F)c(Cc2ccccc2)c1. The van der Waals surface area contributed by atoms with Crippen molar-refractivity contribution in [1.82, 2.24) is 5.32 Å². The molecule has 26 heavy (non-hydrogen) atoms. The summed E-state index contributed by atoms with van der Waals surface area (Å²) in [6, 6.07) is 14.2. The van der Waals surface area contributed by atoms with Crippen LogP contribution in [0.15, 0.2) is 48.5 Å². The van der Waals surface area contributed by atoms with E-state index in [0.717, 1.165) is 30.5 Å². The molecule has 0 spiro atoms. The third kappa shape index (κ3) is 4.94. The summed E-state index contributed by atoms with van der Waals surface area (Å²) in [6.07, 6.45) is 3.13. The Kier molecular flexibility index (Phi) is 6.04. The fourth-order valence-corrected chi connectivity index (χ4v) is 3.11. The standard InChI is InChI=1S/C20H22F2N2O2/c21-20(22)26-18-10-9-16(24-17-8-4-5-11-23-19(17)25)13-15(18)12-14-6-2-1-3-7-14/h1-3,6-7,9-10,13,17,20,24H,4-5,8,11-12H2,(H,23,25). The topological polar surface area (TPSA) is 50.4 Å². The highest BCUT2D eigenvalue weighted by atomic mass is 19.3. The van der Waals surface area contributed by atoms with Crippen molar-refractivity contribution in [3.05, 3.63) is 59.7 Å². The van der Waals surface area contributed by atoms with E-state index in [1.165, 1.54) is 6.07 Å². The van der Waals surface area contributed by atoms with E-state index in [2.05, 4.69) is 15.4 Å². The highest BCUT2D eigenvalue weighted by Gasteiger charge is 2.21. The van der Waals surface area contributed by atoms with Crippen LogP contribution < -0.4 is 15.4 Å². The van der Waals surface area contributed by atoms with Gasteiger partial charge in [-0.15, -0.1) is 0 Å². The molecular weight excluding hydrogens is 338 g/mol. The largest absolute Gasteiger partial charge is 0.435 e. The van der Waals surface area contributed by atoms with E-state index in [4.69, 9.17) is 0 Å². The second-order valence-electron chi connectivity index (χ2n) is 6.35. The van der Waals surface area contributed by atoms with Crippen molar-refractivity contribution in [1.29, 1.82) is 0 Å². The molecule has 1 atom stereocenters. The lowest BCUT2D eigenvalue weighted by Gasteiger charge is -2.18. The Hall–Kier alpha value is -2.63. The fraction of sp³-hybridized carbons (Fsp3) is 0.350. The third-order valence-corrected chi connectivity index (χ3v) is 4.39. The number of hydrogen-bond acceptors (Lipinski definition) is 3. The van der Waals surface area contributed by atoms with Gasteiger partial charge in [-0.3, -0.25) is 4.79 Å². The van der Waals surface area contributed by atoms with E-state index in [-0.39, 0.29) is 17.7 Å². The lowest BCUT2D eigenvalue weighted by Crippen LogP contribution is -2.37. The van der Waals surface area contributed by atoms with Crippen molar-refractivity contribution in [2.75, 3.05) is 11.9 Å². The number of nitrogens with one attached hydrogen (secondary N) is 2. The van der Waals surface area contributed by atoms with E-state index >= 15 is 0 Å². The molecule has 1 fully saturated rings. The van der Waals surface area contributed by atoms with Crippen LogP contribution in [0.1, 0.15) is 30.4 Å². The molecule has 1 aliphatic heterocycles. The molecule has 4 nitrogen and oxygen atoms in total. The summed E-state index contributed by atoms with van der Waals surface area (Å²) < 4.78 is 30.1.